The Morgan fingerprint density at radius 1 is 0.282 bits per heavy atom. The predicted octanol–water partition coefficient (Wildman–Crippen LogP) is 16.9. The van der Waals surface area contributed by atoms with Crippen LogP contribution in [0.4, 0.5) is 0 Å². The van der Waals surface area contributed by atoms with Gasteiger partial charge in [0.05, 0.1) is 44.7 Å². The maximum Gasteiger partial charge on any atom is 0.160 e. The largest absolute Gasteiger partial charge is 0.316 e. The summed E-state index contributed by atoms with van der Waals surface area (Å²) < 4.78 is 7.23. The molecule has 0 fully saturated rings. The molecule has 0 radical (unpaired) electrons. The number of benzene rings is 10. The quantitative estimate of drug-likeness (QED) is 0.152. The van der Waals surface area contributed by atoms with Crippen molar-refractivity contribution in [2.24, 2.45) is 0 Å². The number of rotatable bonds is 8. The van der Waals surface area contributed by atoms with Gasteiger partial charge in [0.1, 0.15) is 0 Å². The minimum atomic E-state index is 0.693. The van der Waals surface area contributed by atoms with Crippen LogP contribution >= 0.6 is 0 Å². The molecule has 0 N–H and O–H groups in total. The number of nitrogens with zero attached hydrogens (tertiary/aromatic N) is 5. The molecular weight excluding hydrogens is 863 g/mol. The molecule has 0 spiro atoms. The molecule has 0 bridgehead atoms. The average molecular weight is 906 g/mol. The van der Waals surface area contributed by atoms with Crippen molar-refractivity contribution in [1.82, 2.24) is 23.7 Å². The molecule has 0 atom stereocenters. The van der Waals surface area contributed by atoms with Crippen molar-refractivity contribution in [3.05, 3.63) is 261 Å². The number of hydrogen-bond donors (Lipinski definition) is 0. The average Bonchev–Trinajstić information content (AvgIpc) is 4.14. The van der Waals surface area contributed by atoms with Crippen molar-refractivity contribution in [2.45, 2.75) is 0 Å². The minimum Gasteiger partial charge on any atom is -0.316 e. The third kappa shape index (κ3) is 6.78. The number of fused-ring (bicyclic) bond motifs is 8. The van der Waals surface area contributed by atoms with E-state index in [1.54, 1.807) is 0 Å². The monoisotopic (exact) mass is 905 g/mol. The summed E-state index contributed by atoms with van der Waals surface area (Å²) in [6.07, 6.45) is 2.25. The molecule has 5 heteroatoms. The molecule has 0 aliphatic carbocycles. The summed E-state index contributed by atoms with van der Waals surface area (Å²) in [4.78, 5) is 10.3. The van der Waals surface area contributed by atoms with Crippen LogP contribution in [0.1, 0.15) is 0 Å². The molecule has 0 saturated heterocycles. The normalized spacial score (nSPS) is 11.7. The second-order valence-electron chi connectivity index (χ2n) is 18.2. The zero-order valence-electron chi connectivity index (χ0n) is 38.6. The van der Waals surface area contributed by atoms with Gasteiger partial charge in [0.15, 0.2) is 5.82 Å². The van der Waals surface area contributed by atoms with Gasteiger partial charge in [-0.05, 0) is 95.1 Å². The molecule has 0 unspecified atom stereocenters. The zero-order valence-corrected chi connectivity index (χ0v) is 38.6. The first-order valence-electron chi connectivity index (χ1n) is 24.1. The molecule has 0 amide bonds. The molecule has 0 saturated carbocycles. The highest BCUT2D eigenvalue weighted by Crippen LogP contribution is 2.42. The van der Waals surface area contributed by atoms with E-state index in [0.717, 1.165) is 61.7 Å². The molecule has 14 aromatic rings. The van der Waals surface area contributed by atoms with Crippen LogP contribution in [0.15, 0.2) is 261 Å². The molecule has 71 heavy (non-hydrogen) atoms. The van der Waals surface area contributed by atoms with Crippen molar-refractivity contribution >= 4 is 54.5 Å². The molecule has 4 heterocycles. The van der Waals surface area contributed by atoms with Crippen LogP contribution in [-0.4, -0.2) is 23.7 Å². The van der Waals surface area contributed by atoms with Crippen LogP contribution in [0.2, 0.25) is 0 Å². The van der Waals surface area contributed by atoms with Gasteiger partial charge in [-0.15, -0.1) is 0 Å². The number of aromatic nitrogens is 5. The SMILES string of the molecule is c1ccc(-c2ccc(-c3cc(-c4ccc(-n5c6ccc(-c7ccccc7)cc6c6c(-n7ccc8c7ccc7c9ccccc9n(-c9ccccc9)c78)cccc65)cc4)nc(-c4ccccc4)n3)cc2)cc1. The van der Waals surface area contributed by atoms with Crippen LogP contribution in [0.25, 0.3) is 128 Å². The lowest BCUT2D eigenvalue weighted by molar-refractivity contribution is 1.14. The lowest BCUT2D eigenvalue weighted by Gasteiger charge is -2.12. The van der Waals surface area contributed by atoms with Gasteiger partial charge in [-0.2, -0.15) is 0 Å². The van der Waals surface area contributed by atoms with Gasteiger partial charge in [0.25, 0.3) is 0 Å². The topological polar surface area (TPSA) is 40.6 Å². The number of hydrogen-bond acceptors (Lipinski definition) is 2. The van der Waals surface area contributed by atoms with E-state index in [4.69, 9.17) is 9.97 Å². The maximum absolute atomic E-state index is 5.19. The van der Waals surface area contributed by atoms with E-state index in [0.29, 0.717) is 5.82 Å². The molecule has 332 valence electrons. The van der Waals surface area contributed by atoms with Crippen molar-refractivity contribution in [2.75, 3.05) is 0 Å². The zero-order chi connectivity index (χ0) is 46.8. The summed E-state index contributed by atoms with van der Waals surface area (Å²) in [5, 5.41) is 6.07. The Kier molecular flexibility index (Phi) is 9.46. The first kappa shape index (κ1) is 40.5. The van der Waals surface area contributed by atoms with Crippen LogP contribution in [0.5, 0.6) is 0 Å². The van der Waals surface area contributed by atoms with Gasteiger partial charge in [-0.25, -0.2) is 9.97 Å². The van der Waals surface area contributed by atoms with E-state index in [1.165, 1.54) is 60.2 Å². The van der Waals surface area contributed by atoms with Crippen LogP contribution < -0.4 is 0 Å². The highest BCUT2D eigenvalue weighted by Gasteiger charge is 2.21. The van der Waals surface area contributed by atoms with Gasteiger partial charge in [-0.3, -0.25) is 0 Å². The number of para-hydroxylation sites is 2. The van der Waals surface area contributed by atoms with E-state index in [-0.39, 0.29) is 0 Å². The summed E-state index contributed by atoms with van der Waals surface area (Å²) >= 11 is 0. The predicted molar refractivity (Wildman–Crippen MR) is 295 cm³/mol. The second kappa shape index (κ2) is 16.6. The van der Waals surface area contributed by atoms with Crippen molar-refractivity contribution in [1.29, 1.82) is 0 Å². The van der Waals surface area contributed by atoms with E-state index in [1.807, 2.05) is 24.3 Å². The lowest BCUT2D eigenvalue weighted by Crippen LogP contribution is -1.97. The van der Waals surface area contributed by atoms with Crippen LogP contribution in [-0.2, 0) is 0 Å². The summed E-state index contributed by atoms with van der Waals surface area (Å²) in [5.41, 5.74) is 18.7. The maximum atomic E-state index is 5.19. The van der Waals surface area contributed by atoms with E-state index >= 15 is 0 Å². The van der Waals surface area contributed by atoms with Crippen LogP contribution in [0.3, 0.4) is 0 Å². The van der Waals surface area contributed by atoms with E-state index in [2.05, 4.69) is 250 Å². The van der Waals surface area contributed by atoms with Gasteiger partial charge in [0.2, 0.25) is 0 Å². The summed E-state index contributed by atoms with van der Waals surface area (Å²) in [6.45, 7) is 0. The lowest BCUT2D eigenvalue weighted by atomic mass is 10.0. The molecule has 14 rings (SSSR count). The van der Waals surface area contributed by atoms with Crippen molar-refractivity contribution < 1.29 is 0 Å². The van der Waals surface area contributed by atoms with Gasteiger partial charge in [-0.1, -0.05) is 182 Å². The van der Waals surface area contributed by atoms with Crippen molar-refractivity contribution in [3.63, 3.8) is 0 Å². The molecule has 4 aromatic heterocycles. The summed E-state index contributed by atoms with van der Waals surface area (Å²) in [7, 11) is 0. The Labute approximate surface area is 410 Å². The molecule has 5 nitrogen and oxygen atoms in total. The first-order chi connectivity index (χ1) is 35.2. The highest BCUT2D eigenvalue weighted by atomic mass is 15.0. The third-order valence-electron chi connectivity index (χ3n) is 14.1. The molecule has 0 aliphatic heterocycles. The third-order valence-corrected chi connectivity index (χ3v) is 14.1. The fourth-order valence-electron chi connectivity index (χ4n) is 10.8. The second-order valence-corrected chi connectivity index (χ2v) is 18.2. The van der Waals surface area contributed by atoms with Crippen molar-refractivity contribution in [3.8, 4) is 73.2 Å². The fraction of sp³-hybridized carbons (Fsp3) is 0. The Bertz CT molecular complexity index is 4280. The Morgan fingerprint density at radius 2 is 0.803 bits per heavy atom. The molecule has 10 aromatic carbocycles. The highest BCUT2D eigenvalue weighted by molar-refractivity contribution is 6.19. The van der Waals surface area contributed by atoms with Gasteiger partial charge in [0, 0.05) is 61.2 Å². The first-order valence-corrected chi connectivity index (χ1v) is 24.1. The Balaban J connectivity index is 0.928. The van der Waals surface area contributed by atoms with Gasteiger partial charge < -0.3 is 13.7 Å². The minimum absolute atomic E-state index is 0.693. The molecule has 0 aliphatic rings. The van der Waals surface area contributed by atoms with Gasteiger partial charge >= 0.3 is 0 Å². The summed E-state index contributed by atoms with van der Waals surface area (Å²) in [6, 6.07) is 91.1. The Hall–Kier alpha value is -9.58. The van der Waals surface area contributed by atoms with Crippen LogP contribution in [0, 0.1) is 0 Å². The molecular formula is C66H43N5. The Morgan fingerprint density at radius 3 is 1.51 bits per heavy atom. The standard InChI is InChI=1S/C66H43N5/c1-5-16-44(17-6-1)46-28-30-47(31-29-46)57-43-58(68-66(67-57)49-20-9-3-10-21-49)48-32-35-52(36-33-48)70-61-38-34-50(45-18-7-2-8-19-45)42-56(61)64-62(26-15-27-63(64)70)69-41-40-55-59(69)39-37-54-53-24-13-14-25-60(53)71(65(54)55)51-22-11-4-12-23-51/h1-43H. The smallest absolute Gasteiger partial charge is 0.160 e. The van der Waals surface area contributed by atoms with E-state index in [9.17, 15) is 0 Å². The fourth-order valence-corrected chi connectivity index (χ4v) is 10.8. The summed E-state index contributed by atoms with van der Waals surface area (Å²) in [5.74, 6) is 0.693. The van der Waals surface area contributed by atoms with E-state index < -0.39 is 0 Å².